The summed E-state index contributed by atoms with van der Waals surface area (Å²) >= 11 is 0. The second-order valence-corrected chi connectivity index (χ2v) is 7.14. The van der Waals surface area contributed by atoms with Gasteiger partial charge < -0.3 is 15.1 Å². The molecule has 2 fully saturated rings. The summed E-state index contributed by atoms with van der Waals surface area (Å²) in [5.74, 6) is 0.964. The minimum atomic E-state index is 0.340. The zero-order chi connectivity index (χ0) is 13.2. The molecule has 0 spiro atoms. The molecule has 0 bridgehead atoms. The number of likely N-dealkylation sites (tertiary alicyclic amines) is 1. The Morgan fingerprint density at radius 2 is 1.94 bits per heavy atom. The number of nitrogens with one attached hydrogen (secondary N) is 1. The zero-order valence-corrected chi connectivity index (χ0v) is 12.7. The topological polar surface area (TPSA) is 18.5 Å². The minimum absolute atomic E-state index is 0.340. The average Bonchev–Trinajstić information content (AvgIpc) is 2.69. The molecule has 0 saturated carbocycles. The van der Waals surface area contributed by atoms with Gasteiger partial charge in [-0.25, -0.2) is 0 Å². The van der Waals surface area contributed by atoms with E-state index >= 15 is 0 Å². The van der Waals surface area contributed by atoms with Gasteiger partial charge in [0.1, 0.15) is 0 Å². The molecule has 0 radical (unpaired) electrons. The van der Waals surface area contributed by atoms with Crippen molar-refractivity contribution in [3.63, 3.8) is 0 Å². The number of hydrogen-bond donors (Lipinski definition) is 1. The number of nitrogens with zero attached hydrogens (tertiary/aromatic N) is 2. The summed E-state index contributed by atoms with van der Waals surface area (Å²) in [6.07, 6.45) is 5.48. The first-order valence-corrected chi connectivity index (χ1v) is 7.60. The maximum absolute atomic E-state index is 3.62. The lowest BCUT2D eigenvalue weighted by Gasteiger charge is -2.31. The summed E-state index contributed by atoms with van der Waals surface area (Å²) in [6, 6.07) is 0.742. The fourth-order valence-corrected chi connectivity index (χ4v) is 3.36. The molecule has 2 heterocycles. The van der Waals surface area contributed by atoms with Gasteiger partial charge in [0.25, 0.3) is 0 Å². The molecule has 106 valence electrons. The van der Waals surface area contributed by atoms with Crippen molar-refractivity contribution < 1.29 is 0 Å². The van der Waals surface area contributed by atoms with E-state index in [0.29, 0.717) is 5.54 Å². The Morgan fingerprint density at radius 1 is 1.28 bits per heavy atom. The number of rotatable bonds is 4. The predicted octanol–water partition coefficient (Wildman–Crippen LogP) is 1.79. The summed E-state index contributed by atoms with van der Waals surface area (Å²) in [7, 11) is 4.55. The fourth-order valence-electron chi connectivity index (χ4n) is 3.36. The Kier molecular flexibility index (Phi) is 4.68. The average molecular weight is 253 g/mol. The molecule has 2 saturated heterocycles. The van der Waals surface area contributed by atoms with E-state index in [1.54, 1.807) is 0 Å². The van der Waals surface area contributed by atoms with Crippen molar-refractivity contribution in [3.8, 4) is 0 Å². The van der Waals surface area contributed by atoms with Gasteiger partial charge in [0.15, 0.2) is 0 Å². The van der Waals surface area contributed by atoms with Gasteiger partial charge in [-0.2, -0.15) is 0 Å². The van der Waals surface area contributed by atoms with E-state index in [-0.39, 0.29) is 0 Å². The Bertz CT molecular complexity index is 256. The van der Waals surface area contributed by atoms with Gasteiger partial charge in [-0.3, -0.25) is 0 Å². The molecule has 1 N–H and O–H groups in total. The van der Waals surface area contributed by atoms with Crippen LogP contribution < -0.4 is 5.32 Å². The molecule has 2 aliphatic rings. The predicted molar refractivity (Wildman–Crippen MR) is 78.0 cm³/mol. The molecule has 0 aromatic heterocycles. The van der Waals surface area contributed by atoms with Crippen LogP contribution in [0.15, 0.2) is 0 Å². The van der Waals surface area contributed by atoms with Crippen molar-refractivity contribution in [2.75, 3.05) is 40.3 Å². The highest BCUT2D eigenvalue weighted by atomic mass is 15.2. The molecular formula is C15H31N3. The third kappa shape index (κ3) is 3.94. The molecule has 0 aliphatic carbocycles. The van der Waals surface area contributed by atoms with Crippen molar-refractivity contribution in [1.82, 2.24) is 15.1 Å². The van der Waals surface area contributed by atoms with E-state index < -0.39 is 0 Å². The van der Waals surface area contributed by atoms with Gasteiger partial charge in [0.2, 0.25) is 0 Å². The summed E-state index contributed by atoms with van der Waals surface area (Å²) in [4.78, 5) is 5.05. The van der Waals surface area contributed by atoms with Crippen LogP contribution in [0.2, 0.25) is 0 Å². The highest BCUT2D eigenvalue weighted by molar-refractivity contribution is 4.93. The first kappa shape index (κ1) is 14.3. The van der Waals surface area contributed by atoms with Crippen LogP contribution in [0.5, 0.6) is 0 Å². The SMILES string of the molecule is CN1CCC(CCN(C)C2CNC(C)(C)C2)CC1. The maximum atomic E-state index is 3.62. The largest absolute Gasteiger partial charge is 0.310 e. The van der Waals surface area contributed by atoms with E-state index in [1.807, 2.05) is 0 Å². The number of piperidine rings is 1. The summed E-state index contributed by atoms with van der Waals surface area (Å²) in [6.45, 7) is 9.67. The summed E-state index contributed by atoms with van der Waals surface area (Å²) in [5.41, 5.74) is 0.340. The van der Waals surface area contributed by atoms with E-state index in [0.717, 1.165) is 18.5 Å². The molecular weight excluding hydrogens is 222 g/mol. The molecule has 1 unspecified atom stereocenters. The monoisotopic (exact) mass is 253 g/mol. The Morgan fingerprint density at radius 3 is 2.50 bits per heavy atom. The lowest BCUT2D eigenvalue weighted by Crippen LogP contribution is -2.36. The minimum Gasteiger partial charge on any atom is -0.310 e. The van der Waals surface area contributed by atoms with Crippen LogP contribution in [-0.2, 0) is 0 Å². The van der Waals surface area contributed by atoms with Crippen LogP contribution in [0, 0.1) is 5.92 Å². The van der Waals surface area contributed by atoms with E-state index in [1.165, 1.54) is 45.3 Å². The van der Waals surface area contributed by atoms with Gasteiger partial charge in [-0.15, -0.1) is 0 Å². The number of likely N-dealkylation sites (N-methyl/N-ethyl adjacent to an activating group) is 1. The standard InChI is InChI=1S/C15H31N3/c1-15(2)11-14(12-16-15)18(4)10-7-13-5-8-17(3)9-6-13/h13-14,16H,5-12H2,1-4H3. The van der Waals surface area contributed by atoms with Gasteiger partial charge in [-0.1, -0.05) is 0 Å². The van der Waals surface area contributed by atoms with Crippen molar-refractivity contribution in [2.24, 2.45) is 5.92 Å². The third-order valence-electron chi connectivity index (χ3n) is 4.91. The highest BCUT2D eigenvalue weighted by Gasteiger charge is 2.32. The lowest BCUT2D eigenvalue weighted by molar-refractivity contribution is 0.180. The molecule has 3 heteroatoms. The van der Waals surface area contributed by atoms with Crippen molar-refractivity contribution in [1.29, 1.82) is 0 Å². The Hall–Kier alpha value is -0.120. The lowest BCUT2D eigenvalue weighted by atomic mass is 9.93. The Labute approximate surface area is 113 Å². The molecule has 2 aliphatic heterocycles. The number of hydrogen-bond acceptors (Lipinski definition) is 3. The van der Waals surface area contributed by atoms with E-state index in [2.05, 4.69) is 43.1 Å². The third-order valence-corrected chi connectivity index (χ3v) is 4.91. The molecule has 18 heavy (non-hydrogen) atoms. The smallest absolute Gasteiger partial charge is 0.0235 e. The van der Waals surface area contributed by atoms with E-state index in [9.17, 15) is 0 Å². The van der Waals surface area contributed by atoms with Crippen LogP contribution in [-0.4, -0.2) is 61.7 Å². The fraction of sp³-hybridized carbons (Fsp3) is 1.00. The first-order chi connectivity index (χ1) is 8.46. The molecule has 0 aromatic carbocycles. The maximum Gasteiger partial charge on any atom is 0.0235 e. The van der Waals surface area contributed by atoms with Gasteiger partial charge in [0.05, 0.1) is 0 Å². The van der Waals surface area contributed by atoms with Gasteiger partial charge >= 0.3 is 0 Å². The molecule has 0 aromatic rings. The van der Waals surface area contributed by atoms with Gasteiger partial charge in [0, 0.05) is 18.1 Å². The van der Waals surface area contributed by atoms with Crippen LogP contribution in [0.1, 0.15) is 39.5 Å². The van der Waals surface area contributed by atoms with Crippen molar-refractivity contribution in [2.45, 2.75) is 51.1 Å². The van der Waals surface area contributed by atoms with Crippen LogP contribution >= 0.6 is 0 Å². The summed E-state index contributed by atoms with van der Waals surface area (Å²) in [5, 5.41) is 3.62. The summed E-state index contributed by atoms with van der Waals surface area (Å²) < 4.78 is 0. The molecule has 0 amide bonds. The first-order valence-electron chi connectivity index (χ1n) is 7.60. The quantitative estimate of drug-likeness (QED) is 0.824. The Balaban J connectivity index is 1.67. The second-order valence-electron chi connectivity index (χ2n) is 7.14. The molecule has 1 atom stereocenters. The van der Waals surface area contributed by atoms with E-state index in [4.69, 9.17) is 0 Å². The normalized spacial score (nSPS) is 30.2. The van der Waals surface area contributed by atoms with Crippen molar-refractivity contribution >= 4 is 0 Å². The molecule has 2 rings (SSSR count). The van der Waals surface area contributed by atoms with Crippen LogP contribution in [0.3, 0.4) is 0 Å². The molecule has 3 nitrogen and oxygen atoms in total. The highest BCUT2D eigenvalue weighted by Crippen LogP contribution is 2.24. The van der Waals surface area contributed by atoms with Crippen molar-refractivity contribution in [3.05, 3.63) is 0 Å². The zero-order valence-electron chi connectivity index (χ0n) is 12.7. The van der Waals surface area contributed by atoms with Crippen LogP contribution in [0.4, 0.5) is 0 Å². The van der Waals surface area contributed by atoms with Crippen LogP contribution in [0.25, 0.3) is 0 Å². The second kappa shape index (κ2) is 5.89. The van der Waals surface area contributed by atoms with Gasteiger partial charge in [-0.05, 0) is 79.2 Å².